The van der Waals surface area contributed by atoms with Gasteiger partial charge in [-0.1, -0.05) is 30.3 Å². The molecule has 2 heterocycles. The highest BCUT2D eigenvalue weighted by Gasteiger charge is 2.15. The van der Waals surface area contributed by atoms with Crippen LogP contribution in [-0.2, 0) is 0 Å². The van der Waals surface area contributed by atoms with Gasteiger partial charge in [0.15, 0.2) is 0 Å². The van der Waals surface area contributed by atoms with Crippen LogP contribution < -0.4 is 5.32 Å². The smallest absolute Gasteiger partial charge is 0.253 e. The van der Waals surface area contributed by atoms with Crippen molar-refractivity contribution in [3.8, 4) is 5.82 Å². The molecule has 0 saturated heterocycles. The van der Waals surface area contributed by atoms with Gasteiger partial charge in [-0.25, -0.2) is 9.97 Å². The summed E-state index contributed by atoms with van der Waals surface area (Å²) in [6.07, 6.45) is 6.46. The number of carbonyl (C=O) groups excluding carboxylic acids is 1. The maximum Gasteiger partial charge on any atom is 0.253 e. The molecule has 2 aromatic heterocycles. The van der Waals surface area contributed by atoms with Crippen LogP contribution in [0.15, 0.2) is 67.4 Å². The molecule has 1 amide bonds. The highest BCUT2D eigenvalue weighted by atomic mass is 16.3. The molecule has 0 bridgehead atoms. The van der Waals surface area contributed by atoms with E-state index in [-0.39, 0.29) is 11.9 Å². The van der Waals surface area contributed by atoms with Crippen molar-refractivity contribution in [1.29, 1.82) is 0 Å². The lowest BCUT2D eigenvalue weighted by Crippen LogP contribution is -2.33. The van der Waals surface area contributed by atoms with Gasteiger partial charge in [0.05, 0.1) is 11.7 Å². The van der Waals surface area contributed by atoms with Gasteiger partial charge >= 0.3 is 0 Å². The molecule has 25 heavy (non-hydrogen) atoms. The normalized spacial score (nSPS) is 13.2. The Morgan fingerprint density at radius 2 is 2.04 bits per heavy atom. The number of amides is 1. The molecule has 2 unspecified atom stereocenters. The number of aliphatic hydroxyl groups is 1. The number of imidazole rings is 1. The Morgan fingerprint density at radius 1 is 1.24 bits per heavy atom. The van der Waals surface area contributed by atoms with Gasteiger partial charge in [-0.3, -0.25) is 9.36 Å². The molecule has 6 heteroatoms. The first-order valence-corrected chi connectivity index (χ1v) is 8.12. The lowest BCUT2D eigenvalue weighted by atomic mass is 10.0. The number of rotatable bonds is 6. The fraction of sp³-hybridized carbons (Fsp3) is 0.211. The van der Waals surface area contributed by atoms with E-state index in [0.29, 0.717) is 17.8 Å². The number of hydrogen-bond donors (Lipinski definition) is 2. The maximum absolute atomic E-state index is 12.3. The zero-order valence-corrected chi connectivity index (χ0v) is 13.9. The van der Waals surface area contributed by atoms with Crippen molar-refractivity contribution >= 4 is 5.91 Å². The summed E-state index contributed by atoms with van der Waals surface area (Å²) < 4.78 is 1.76. The van der Waals surface area contributed by atoms with Crippen molar-refractivity contribution < 1.29 is 9.90 Å². The van der Waals surface area contributed by atoms with E-state index in [4.69, 9.17) is 0 Å². The fourth-order valence-electron chi connectivity index (χ4n) is 2.58. The van der Waals surface area contributed by atoms with Crippen molar-refractivity contribution in [3.63, 3.8) is 0 Å². The Labute approximate surface area is 146 Å². The van der Waals surface area contributed by atoms with E-state index in [2.05, 4.69) is 15.3 Å². The molecule has 0 fully saturated rings. The number of nitrogens with one attached hydrogen (secondary N) is 1. The van der Waals surface area contributed by atoms with Gasteiger partial charge in [0, 0.05) is 24.6 Å². The van der Waals surface area contributed by atoms with Gasteiger partial charge in [-0.15, -0.1) is 0 Å². The minimum atomic E-state index is -0.613. The van der Waals surface area contributed by atoms with E-state index in [1.165, 1.54) is 6.20 Å². The third-order valence-corrected chi connectivity index (χ3v) is 3.92. The predicted molar refractivity (Wildman–Crippen MR) is 94.3 cm³/mol. The average Bonchev–Trinajstić information content (AvgIpc) is 3.17. The molecular weight excluding hydrogens is 316 g/mol. The van der Waals surface area contributed by atoms with Gasteiger partial charge in [-0.05, 0) is 31.0 Å². The zero-order chi connectivity index (χ0) is 17.6. The van der Waals surface area contributed by atoms with Gasteiger partial charge in [0.25, 0.3) is 5.91 Å². The second kappa shape index (κ2) is 7.72. The van der Waals surface area contributed by atoms with E-state index < -0.39 is 6.10 Å². The van der Waals surface area contributed by atoms with Crippen LogP contribution in [0.4, 0.5) is 0 Å². The van der Waals surface area contributed by atoms with Crippen LogP contribution >= 0.6 is 0 Å². The number of aliphatic hydroxyl groups excluding tert-OH is 1. The zero-order valence-electron chi connectivity index (χ0n) is 13.9. The molecule has 1 aromatic carbocycles. The van der Waals surface area contributed by atoms with Crippen molar-refractivity contribution in [1.82, 2.24) is 19.9 Å². The minimum Gasteiger partial charge on any atom is -0.388 e. The van der Waals surface area contributed by atoms with Gasteiger partial charge < -0.3 is 10.4 Å². The Bertz CT molecular complexity index is 801. The van der Waals surface area contributed by atoms with E-state index in [0.717, 1.165) is 5.56 Å². The number of nitrogens with zero attached hydrogens (tertiary/aromatic N) is 3. The van der Waals surface area contributed by atoms with Crippen LogP contribution in [0.5, 0.6) is 0 Å². The number of carbonyl (C=O) groups is 1. The monoisotopic (exact) mass is 336 g/mol. The van der Waals surface area contributed by atoms with Crippen LogP contribution in [0.3, 0.4) is 0 Å². The molecule has 2 atom stereocenters. The average molecular weight is 336 g/mol. The summed E-state index contributed by atoms with van der Waals surface area (Å²) in [7, 11) is 0. The first-order valence-electron chi connectivity index (χ1n) is 8.12. The SMILES string of the molecule is CC(CC(O)c1ccccc1)NC(=O)c1ccc(-n2ccnc2)nc1. The summed E-state index contributed by atoms with van der Waals surface area (Å²) in [5.41, 5.74) is 1.32. The Balaban J connectivity index is 1.58. The highest BCUT2D eigenvalue weighted by molar-refractivity contribution is 5.94. The predicted octanol–water partition coefficient (Wildman–Crippen LogP) is 2.51. The molecule has 0 aliphatic carbocycles. The first-order chi connectivity index (χ1) is 12.1. The maximum atomic E-state index is 12.3. The van der Waals surface area contributed by atoms with Gasteiger partial charge in [0.1, 0.15) is 12.1 Å². The number of aromatic nitrogens is 3. The number of hydrogen-bond acceptors (Lipinski definition) is 4. The molecule has 0 saturated carbocycles. The van der Waals surface area contributed by atoms with Gasteiger partial charge in [-0.2, -0.15) is 0 Å². The minimum absolute atomic E-state index is 0.170. The van der Waals surface area contributed by atoms with Crippen LogP contribution in [0, 0.1) is 0 Å². The summed E-state index contributed by atoms with van der Waals surface area (Å²) in [6.45, 7) is 1.87. The Kier molecular flexibility index (Phi) is 5.20. The number of pyridine rings is 1. The highest BCUT2D eigenvalue weighted by Crippen LogP contribution is 2.18. The van der Waals surface area contributed by atoms with Crippen LogP contribution in [0.1, 0.15) is 35.4 Å². The lowest BCUT2D eigenvalue weighted by molar-refractivity contribution is 0.0916. The quantitative estimate of drug-likeness (QED) is 0.725. The number of benzene rings is 1. The second-order valence-electron chi connectivity index (χ2n) is 5.91. The van der Waals surface area contributed by atoms with E-state index in [9.17, 15) is 9.90 Å². The van der Waals surface area contributed by atoms with E-state index >= 15 is 0 Å². The molecule has 3 rings (SSSR count). The van der Waals surface area contributed by atoms with Crippen molar-refractivity contribution in [2.24, 2.45) is 0 Å². The topological polar surface area (TPSA) is 80.0 Å². The molecule has 128 valence electrons. The van der Waals surface area contributed by atoms with E-state index in [1.54, 1.807) is 35.4 Å². The molecule has 0 aliphatic rings. The Morgan fingerprint density at radius 3 is 2.68 bits per heavy atom. The van der Waals surface area contributed by atoms with E-state index in [1.807, 2.05) is 37.3 Å². The first kappa shape index (κ1) is 16.9. The third kappa shape index (κ3) is 4.30. The van der Waals surface area contributed by atoms with Crippen LogP contribution in [-0.4, -0.2) is 31.6 Å². The third-order valence-electron chi connectivity index (χ3n) is 3.92. The molecule has 6 nitrogen and oxygen atoms in total. The fourth-order valence-corrected chi connectivity index (χ4v) is 2.58. The second-order valence-corrected chi connectivity index (χ2v) is 5.91. The van der Waals surface area contributed by atoms with Crippen LogP contribution in [0.25, 0.3) is 5.82 Å². The van der Waals surface area contributed by atoms with Crippen molar-refractivity contribution in [2.45, 2.75) is 25.5 Å². The van der Waals surface area contributed by atoms with Gasteiger partial charge in [0.2, 0.25) is 0 Å². The summed E-state index contributed by atoms with van der Waals surface area (Å²) in [5, 5.41) is 13.1. The summed E-state index contributed by atoms with van der Waals surface area (Å²) in [6, 6.07) is 12.7. The summed E-state index contributed by atoms with van der Waals surface area (Å²) in [5.74, 6) is 0.485. The molecule has 3 aromatic rings. The van der Waals surface area contributed by atoms with Crippen LogP contribution in [0.2, 0.25) is 0 Å². The molecule has 0 aliphatic heterocycles. The summed E-state index contributed by atoms with van der Waals surface area (Å²) >= 11 is 0. The standard InChI is InChI=1S/C19H20N4O2/c1-14(11-17(24)15-5-3-2-4-6-15)22-19(25)16-7-8-18(21-12-16)23-10-9-20-13-23/h2-10,12-14,17,24H,11H2,1H3,(H,22,25). The van der Waals surface area contributed by atoms with Crippen molar-refractivity contribution in [3.05, 3.63) is 78.5 Å². The Hall–Kier alpha value is -2.99. The lowest BCUT2D eigenvalue weighted by Gasteiger charge is -2.18. The largest absolute Gasteiger partial charge is 0.388 e. The summed E-state index contributed by atoms with van der Waals surface area (Å²) in [4.78, 5) is 20.6. The molecule has 2 N–H and O–H groups in total. The molecule has 0 spiro atoms. The molecular formula is C19H20N4O2. The van der Waals surface area contributed by atoms with Crippen molar-refractivity contribution in [2.75, 3.05) is 0 Å². The molecule has 0 radical (unpaired) electrons.